The van der Waals surface area contributed by atoms with E-state index >= 15 is 0 Å². The Morgan fingerprint density at radius 3 is 2.71 bits per heavy atom. The summed E-state index contributed by atoms with van der Waals surface area (Å²) in [4.78, 5) is 11.2. The van der Waals surface area contributed by atoms with Crippen LogP contribution in [0.15, 0.2) is 45.1 Å². The molecule has 2 rings (SSSR count). The van der Waals surface area contributed by atoms with Crippen LogP contribution in [0.1, 0.15) is 39.2 Å². The maximum atomic E-state index is 11.2. The molecule has 2 aromatic rings. The Balaban J connectivity index is 2.07. The highest BCUT2D eigenvalue weighted by atomic mass is 16.4. The summed E-state index contributed by atoms with van der Waals surface area (Å²) in [6.45, 7) is 5.12. The lowest BCUT2D eigenvalue weighted by Gasteiger charge is -2.24. The average Bonchev–Trinajstić information content (AvgIpc) is 2.49. The van der Waals surface area contributed by atoms with Crippen LogP contribution in [-0.4, -0.2) is 27.0 Å². The zero-order chi connectivity index (χ0) is 17.9. The molecule has 0 aliphatic heterocycles. The van der Waals surface area contributed by atoms with E-state index in [2.05, 4.69) is 0 Å². The van der Waals surface area contributed by atoms with Gasteiger partial charge in [0.25, 0.3) is 0 Å². The Morgan fingerprint density at radius 1 is 1.33 bits per heavy atom. The lowest BCUT2D eigenvalue weighted by atomic mass is 9.95. The number of allylic oxidation sites excluding steroid dienone is 2. The lowest BCUT2D eigenvalue weighted by Crippen LogP contribution is -2.35. The SMILES string of the molecule is CC(=CCc1cc2ccc(=O)oc2cc1O)CC[C@@H](O)C(C)(C)O. The van der Waals surface area contributed by atoms with E-state index < -0.39 is 17.3 Å². The molecule has 0 saturated heterocycles. The maximum Gasteiger partial charge on any atom is 0.336 e. The van der Waals surface area contributed by atoms with E-state index in [9.17, 15) is 20.1 Å². The zero-order valence-corrected chi connectivity index (χ0v) is 14.2. The monoisotopic (exact) mass is 332 g/mol. The molecule has 1 aromatic heterocycles. The molecule has 5 heteroatoms. The first-order valence-corrected chi connectivity index (χ1v) is 7.98. The second-order valence-corrected chi connectivity index (χ2v) is 6.74. The number of phenolic OH excluding ortho intramolecular Hbond substituents is 1. The highest BCUT2D eigenvalue weighted by molar-refractivity contribution is 5.79. The molecule has 0 aliphatic carbocycles. The molecule has 0 spiro atoms. The molecule has 0 saturated carbocycles. The molecular formula is C19H24O5. The van der Waals surface area contributed by atoms with E-state index in [-0.39, 0.29) is 5.75 Å². The van der Waals surface area contributed by atoms with Crippen LogP contribution in [-0.2, 0) is 6.42 Å². The zero-order valence-electron chi connectivity index (χ0n) is 14.2. The van der Waals surface area contributed by atoms with Gasteiger partial charge in [0.05, 0.1) is 11.7 Å². The molecule has 0 radical (unpaired) electrons. The molecule has 0 aliphatic rings. The quantitative estimate of drug-likeness (QED) is 0.559. The van der Waals surface area contributed by atoms with Gasteiger partial charge in [-0.2, -0.15) is 0 Å². The topological polar surface area (TPSA) is 90.9 Å². The molecule has 24 heavy (non-hydrogen) atoms. The van der Waals surface area contributed by atoms with Gasteiger partial charge in [-0.3, -0.25) is 0 Å². The van der Waals surface area contributed by atoms with Crippen molar-refractivity contribution in [3.63, 3.8) is 0 Å². The van der Waals surface area contributed by atoms with Crippen LogP contribution in [0, 0.1) is 0 Å². The minimum atomic E-state index is -1.11. The summed E-state index contributed by atoms with van der Waals surface area (Å²) in [6, 6.07) is 6.26. The molecule has 0 unspecified atom stereocenters. The third-order valence-corrected chi connectivity index (χ3v) is 4.12. The summed E-state index contributed by atoms with van der Waals surface area (Å²) >= 11 is 0. The van der Waals surface area contributed by atoms with Crippen LogP contribution < -0.4 is 5.63 Å². The van der Waals surface area contributed by atoms with Gasteiger partial charge >= 0.3 is 5.63 Å². The summed E-state index contributed by atoms with van der Waals surface area (Å²) in [5.74, 6) is 0.0810. The van der Waals surface area contributed by atoms with Crippen molar-refractivity contribution in [3.8, 4) is 5.75 Å². The van der Waals surface area contributed by atoms with Gasteiger partial charge in [0, 0.05) is 17.5 Å². The number of aliphatic hydroxyl groups is 2. The Kier molecular flexibility index (Phi) is 5.47. The van der Waals surface area contributed by atoms with Crippen LogP contribution in [0.3, 0.4) is 0 Å². The molecule has 3 N–H and O–H groups in total. The van der Waals surface area contributed by atoms with Crippen molar-refractivity contribution >= 4 is 11.0 Å². The molecule has 0 amide bonds. The molecule has 0 bridgehead atoms. The number of hydrogen-bond acceptors (Lipinski definition) is 5. The summed E-state index contributed by atoms with van der Waals surface area (Å²) in [5.41, 5.74) is 0.602. The van der Waals surface area contributed by atoms with Crippen molar-refractivity contribution in [2.75, 3.05) is 0 Å². The largest absolute Gasteiger partial charge is 0.508 e. The molecule has 0 fully saturated rings. The van der Waals surface area contributed by atoms with Crippen molar-refractivity contribution in [2.45, 2.75) is 51.7 Å². The van der Waals surface area contributed by atoms with Crippen molar-refractivity contribution in [2.24, 2.45) is 0 Å². The second kappa shape index (κ2) is 7.20. The molecule has 5 nitrogen and oxygen atoms in total. The summed E-state index contributed by atoms with van der Waals surface area (Å²) in [6.07, 6.45) is 2.87. The van der Waals surface area contributed by atoms with E-state index in [1.54, 1.807) is 26.0 Å². The highest BCUT2D eigenvalue weighted by Crippen LogP contribution is 2.25. The second-order valence-electron chi connectivity index (χ2n) is 6.74. The normalized spacial score (nSPS) is 14.1. The number of aromatic hydroxyl groups is 1. The fourth-order valence-corrected chi connectivity index (χ4v) is 2.42. The molecule has 130 valence electrons. The predicted octanol–water partition coefficient (Wildman–Crippen LogP) is 2.90. The van der Waals surface area contributed by atoms with Crippen molar-refractivity contribution in [1.29, 1.82) is 0 Å². The van der Waals surface area contributed by atoms with E-state index in [1.165, 1.54) is 12.1 Å². The lowest BCUT2D eigenvalue weighted by molar-refractivity contribution is -0.0509. The Hall–Kier alpha value is -2.11. The first kappa shape index (κ1) is 18.2. The van der Waals surface area contributed by atoms with Gasteiger partial charge in [-0.25, -0.2) is 4.79 Å². The number of rotatable bonds is 6. The number of phenols is 1. The van der Waals surface area contributed by atoms with E-state index in [4.69, 9.17) is 4.42 Å². The highest BCUT2D eigenvalue weighted by Gasteiger charge is 2.23. The predicted molar refractivity (Wildman–Crippen MR) is 93.1 cm³/mol. The number of fused-ring (bicyclic) bond motifs is 1. The number of benzene rings is 1. The van der Waals surface area contributed by atoms with Crippen molar-refractivity contribution < 1.29 is 19.7 Å². The van der Waals surface area contributed by atoms with Gasteiger partial charge in [-0.1, -0.05) is 11.6 Å². The minimum absolute atomic E-state index is 0.0810. The third kappa shape index (κ3) is 4.69. The van der Waals surface area contributed by atoms with E-state index in [0.717, 1.165) is 16.5 Å². The summed E-state index contributed by atoms with van der Waals surface area (Å²) < 4.78 is 5.04. The minimum Gasteiger partial charge on any atom is -0.508 e. The standard InChI is InChI=1S/C19H24O5/c1-12(5-8-17(21)19(2,3)23)4-6-13-10-14-7-9-18(22)24-16(14)11-15(13)20/h4,7,9-11,17,20-21,23H,5-6,8H2,1-3H3/t17-/m1/s1. The van der Waals surface area contributed by atoms with Crippen LogP contribution in [0.5, 0.6) is 5.75 Å². The summed E-state index contributed by atoms with van der Waals surface area (Å²) in [7, 11) is 0. The molecular weight excluding hydrogens is 308 g/mol. The Morgan fingerprint density at radius 2 is 2.04 bits per heavy atom. The van der Waals surface area contributed by atoms with Gasteiger partial charge in [-0.15, -0.1) is 0 Å². The maximum absolute atomic E-state index is 11.2. The van der Waals surface area contributed by atoms with Crippen molar-refractivity contribution in [3.05, 3.63) is 51.9 Å². The number of aliphatic hydroxyl groups excluding tert-OH is 1. The van der Waals surface area contributed by atoms with Gasteiger partial charge in [0.2, 0.25) is 0 Å². The number of hydrogen-bond donors (Lipinski definition) is 3. The van der Waals surface area contributed by atoms with Crippen molar-refractivity contribution in [1.82, 2.24) is 0 Å². The van der Waals surface area contributed by atoms with Crippen LogP contribution in [0.4, 0.5) is 0 Å². The molecule has 1 heterocycles. The first-order valence-electron chi connectivity index (χ1n) is 7.98. The van der Waals surface area contributed by atoms with E-state index in [0.29, 0.717) is 24.8 Å². The molecule has 1 aromatic carbocycles. The fraction of sp³-hybridized carbons (Fsp3) is 0.421. The van der Waals surface area contributed by atoms with E-state index in [1.807, 2.05) is 13.0 Å². The smallest absolute Gasteiger partial charge is 0.336 e. The van der Waals surface area contributed by atoms with Crippen LogP contribution in [0.2, 0.25) is 0 Å². The van der Waals surface area contributed by atoms with Gasteiger partial charge in [0.1, 0.15) is 11.3 Å². The van der Waals surface area contributed by atoms with Gasteiger partial charge < -0.3 is 19.7 Å². The van der Waals surface area contributed by atoms with Crippen LogP contribution in [0.25, 0.3) is 11.0 Å². The fourth-order valence-electron chi connectivity index (χ4n) is 2.42. The third-order valence-electron chi connectivity index (χ3n) is 4.12. The Labute approximate surface area is 140 Å². The van der Waals surface area contributed by atoms with Crippen LogP contribution >= 0.6 is 0 Å². The summed E-state index contributed by atoms with van der Waals surface area (Å²) in [5, 5.41) is 30.4. The Bertz CT molecular complexity index is 795. The molecule has 1 atom stereocenters. The average molecular weight is 332 g/mol. The van der Waals surface area contributed by atoms with Gasteiger partial charge in [-0.05, 0) is 57.7 Å². The first-order chi connectivity index (χ1) is 11.2. The van der Waals surface area contributed by atoms with Gasteiger partial charge in [0.15, 0.2) is 0 Å².